The lowest BCUT2D eigenvalue weighted by molar-refractivity contribution is -0.141. The topological polar surface area (TPSA) is 26.3 Å². The van der Waals surface area contributed by atoms with Crippen LogP contribution >= 0.6 is 0 Å². The third kappa shape index (κ3) is 1.01. The van der Waals surface area contributed by atoms with Crippen molar-refractivity contribution < 1.29 is 9.53 Å². The molecule has 2 heteroatoms. The van der Waals surface area contributed by atoms with E-state index in [0.29, 0.717) is 17.8 Å². The van der Waals surface area contributed by atoms with E-state index in [-0.39, 0.29) is 5.60 Å². The highest BCUT2D eigenvalue weighted by atomic mass is 16.5. The van der Waals surface area contributed by atoms with Crippen LogP contribution in [0.4, 0.5) is 0 Å². The molecule has 0 radical (unpaired) electrons. The van der Waals surface area contributed by atoms with Crippen LogP contribution in [0.2, 0.25) is 0 Å². The maximum atomic E-state index is 11.9. The first-order valence-electron chi connectivity index (χ1n) is 5.43. The van der Waals surface area contributed by atoms with Gasteiger partial charge in [0.25, 0.3) is 0 Å². The molecular weight excluding hydrogens is 164 g/mol. The number of carbonyl (C=O) groups excluding carboxylic acids is 1. The minimum atomic E-state index is -0.305. The predicted molar refractivity (Wildman–Crippen MR) is 48.4 cm³/mol. The van der Waals surface area contributed by atoms with Gasteiger partial charge in [-0.15, -0.1) is 0 Å². The number of ether oxygens (including phenoxy) is 1. The highest BCUT2D eigenvalue weighted by Crippen LogP contribution is 2.53. The SMILES string of the molecule is CC1CCC2(CC1)OC1CC1C2=O. The van der Waals surface area contributed by atoms with Crippen molar-refractivity contribution in [2.75, 3.05) is 0 Å². The zero-order valence-electron chi connectivity index (χ0n) is 8.08. The Balaban J connectivity index is 1.79. The molecule has 0 aromatic heterocycles. The smallest absolute Gasteiger partial charge is 0.170 e. The number of ketones is 1. The predicted octanol–water partition coefficient (Wildman–Crippen LogP) is 1.92. The molecule has 2 saturated carbocycles. The molecule has 72 valence electrons. The summed E-state index contributed by atoms with van der Waals surface area (Å²) in [4.78, 5) is 11.9. The van der Waals surface area contributed by atoms with Crippen molar-refractivity contribution in [1.29, 1.82) is 0 Å². The lowest BCUT2D eigenvalue weighted by Crippen LogP contribution is -2.41. The number of fused-ring (bicyclic) bond motifs is 1. The second-order valence-electron chi connectivity index (χ2n) is 5.04. The zero-order valence-corrected chi connectivity index (χ0v) is 8.08. The molecule has 0 aromatic carbocycles. The first kappa shape index (κ1) is 7.98. The summed E-state index contributed by atoms with van der Waals surface area (Å²) in [7, 11) is 0. The van der Waals surface area contributed by atoms with E-state index in [2.05, 4.69) is 6.92 Å². The molecule has 3 fully saturated rings. The van der Waals surface area contributed by atoms with Gasteiger partial charge in [0.2, 0.25) is 0 Å². The van der Waals surface area contributed by atoms with E-state index in [1.807, 2.05) is 0 Å². The van der Waals surface area contributed by atoms with Crippen LogP contribution in [-0.4, -0.2) is 17.5 Å². The van der Waals surface area contributed by atoms with Gasteiger partial charge in [-0.2, -0.15) is 0 Å². The van der Waals surface area contributed by atoms with Crippen molar-refractivity contribution >= 4 is 5.78 Å². The Labute approximate surface area is 78.6 Å². The average molecular weight is 180 g/mol. The molecule has 0 bridgehead atoms. The lowest BCUT2D eigenvalue weighted by Gasteiger charge is -2.35. The molecule has 1 spiro atoms. The molecule has 1 aliphatic heterocycles. The van der Waals surface area contributed by atoms with Gasteiger partial charge >= 0.3 is 0 Å². The van der Waals surface area contributed by atoms with Crippen molar-refractivity contribution in [3.8, 4) is 0 Å². The van der Waals surface area contributed by atoms with Crippen LogP contribution in [0.3, 0.4) is 0 Å². The Morgan fingerprint density at radius 2 is 2.08 bits per heavy atom. The monoisotopic (exact) mass is 180 g/mol. The van der Waals surface area contributed by atoms with Crippen LogP contribution in [0.1, 0.15) is 39.0 Å². The van der Waals surface area contributed by atoms with E-state index in [4.69, 9.17) is 4.74 Å². The Hall–Kier alpha value is -0.370. The first-order valence-corrected chi connectivity index (χ1v) is 5.43. The van der Waals surface area contributed by atoms with Gasteiger partial charge in [-0.1, -0.05) is 6.92 Å². The van der Waals surface area contributed by atoms with Crippen molar-refractivity contribution in [3.05, 3.63) is 0 Å². The second kappa shape index (κ2) is 2.35. The van der Waals surface area contributed by atoms with E-state index in [0.717, 1.165) is 25.2 Å². The normalized spacial score (nSPS) is 53.9. The van der Waals surface area contributed by atoms with Gasteiger partial charge < -0.3 is 4.74 Å². The van der Waals surface area contributed by atoms with Gasteiger partial charge in [-0.05, 0) is 38.0 Å². The maximum Gasteiger partial charge on any atom is 0.170 e. The molecule has 1 heterocycles. The average Bonchev–Trinajstić information content (AvgIpc) is 2.82. The summed E-state index contributed by atoms with van der Waals surface area (Å²) in [5.74, 6) is 1.52. The third-order valence-corrected chi connectivity index (χ3v) is 3.98. The van der Waals surface area contributed by atoms with Gasteiger partial charge in [-0.25, -0.2) is 0 Å². The number of hydrogen-bond acceptors (Lipinski definition) is 2. The third-order valence-electron chi connectivity index (χ3n) is 3.98. The largest absolute Gasteiger partial charge is 0.363 e. The van der Waals surface area contributed by atoms with E-state index >= 15 is 0 Å². The Morgan fingerprint density at radius 1 is 1.38 bits per heavy atom. The van der Waals surface area contributed by atoms with Crippen LogP contribution in [0.5, 0.6) is 0 Å². The van der Waals surface area contributed by atoms with Crippen LogP contribution in [0.25, 0.3) is 0 Å². The van der Waals surface area contributed by atoms with Crippen LogP contribution < -0.4 is 0 Å². The van der Waals surface area contributed by atoms with Crippen LogP contribution in [0.15, 0.2) is 0 Å². The van der Waals surface area contributed by atoms with Crippen LogP contribution in [-0.2, 0) is 9.53 Å². The number of carbonyl (C=O) groups is 1. The molecule has 2 aliphatic carbocycles. The molecule has 0 N–H and O–H groups in total. The van der Waals surface area contributed by atoms with E-state index in [1.54, 1.807) is 0 Å². The zero-order chi connectivity index (χ0) is 9.05. The molecule has 3 aliphatic rings. The van der Waals surface area contributed by atoms with Crippen LogP contribution in [0, 0.1) is 11.8 Å². The molecule has 0 amide bonds. The lowest BCUT2D eigenvalue weighted by atomic mass is 9.77. The Kier molecular flexibility index (Phi) is 1.44. The summed E-state index contributed by atoms with van der Waals surface area (Å²) in [5, 5.41) is 0. The first-order chi connectivity index (χ1) is 6.21. The fourth-order valence-electron chi connectivity index (χ4n) is 2.86. The molecule has 1 saturated heterocycles. The summed E-state index contributed by atoms with van der Waals surface area (Å²) in [6.07, 6.45) is 5.65. The highest BCUT2D eigenvalue weighted by Gasteiger charge is 2.62. The summed E-state index contributed by atoms with van der Waals surface area (Å²) in [6, 6.07) is 0. The van der Waals surface area contributed by atoms with Gasteiger partial charge in [0.15, 0.2) is 5.78 Å². The Morgan fingerprint density at radius 3 is 2.62 bits per heavy atom. The maximum absolute atomic E-state index is 11.9. The van der Waals surface area contributed by atoms with Crippen molar-refractivity contribution in [1.82, 2.24) is 0 Å². The van der Waals surface area contributed by atoms with Gasteiger partial charge in [-0.3, -0.25) is 4.79 Å². The quantitative estimate of drug-likeness (QED) is 0.569. The highest BCUT2D eigenvalue weighted by molar-refractivity contribution is 5.94. The summed E-state index contributed by atoms with van der Waals surface area (Å²) in [6.45, 7) is 2.27. The Bertz CT molecular complexity index is 251. The second-order valence-corrected chi connectivity index (χ2v) is 5.04. The van der Waals surface area contributed by atoms with E-state index in [1.165, 1.54) is 12.8 Å². The van der Waals surface area contributed by atoms with Gasteiger partial charge in [0.1, 0.15) is 5.60 Å². The van der Waals surface area contributed by atoms with Gasteiger partial charge in [0.05, 0.1) is 6.10 Å². The molecular formula is C11H16O2. The number of hydrogen-bond donors (Lipinski definition) is 0. The molecule has 2 unspecified atom stereocenters. The summed E-state index contributed by atoms with van der Waals surface area (Å²) in [5.41, 5.74) is -0.305. The summed E-state index contributed by atoms with van der Waals surface area (Å²) >= 11 is 0. The fourth-order valence-corrected chi connectivity index (χ4v) is 2.86. The minimum Gasteiger partial charge on any atom is -0.363 e. The number of rotatable bonds is 0. The number of Topliss-reactive ketones (excluding diaryl/α,β-unsaturated/α-hetero) is 1. The van der Waals surface area contributed by atoms with E-state index in [9.17, 15) is 4.79 Å². The molecule has 0 aromatic rings. The molecule has 13 heavy (non-hydrogen) atoms. The standard InChI is InChI=1S/C11H16O2/c1-7-2-4-11(5-3-7)10(12)8-6-9(8)13-11/h7-9H,2-6H2,1H3. The molecule has 2 atom stereocenters. The van der Waals surface area contributed by atoms with Crippen molar-refractivity contribution in [2.24, 2.45) is 11.8 Å². The molecule has 2 nitrogen and oxygen atoms in total. The van der Waals surface area contributed by atoms with Gasteiger partial charge in [0, 0.05) is 5.92 Å². The van der Waals surface area contributed by atoms with Crippen molar-refractivity contribution in [3.63, 3.8) is 0 Å². The fraction of sp³-hybridized carbons (Fsp3) is 0.909. The molecule has 3 rings (SSSR count). The minimum absolute atomic E-state index is 0.299. The van der Waals surface area contributed by atoms with Crippen molar-refractivity contribution in [2.45, 2.75) is 50.7 Å². The summed E-state index contributed by atoms with van der Waals surface area (Å²) < 4.78 is 5.87. The van der Waals surface area contributed by atoms with E-state index < -0.39 is 0 Å².